The summed E-state index contributed by atoms with van der Waals surface area (Å²) in [5.74, 6) is 0.351. The highest BCUT2D eigenvalue weighted by Crippen LogP contribution is 2.40. The molecule has 4 amide bonds. The van der Waals surface area contributed by atoms with Crippen LogP contribution in [0.2, 0.25) is 20.1 Å². The molecule has 1 unspecified atom stereocenters. The second-order valence-electron chi connectivity index (χ2n) is 9.02. The van der Waals surface area contributed by atoms with Crippen LogP contribution in [0.4, 0.5) is 21.0 Å². The van der Waals surface area contributed by atoms with E-state index >= 15 is 0 Å². The van der Waals surface area contributed by atoms with Crippen molar-refractivity contribution in [3.8, 4) is 0 Å². The lowest BCUT2D eigenvalue weighted by Gasteiger charge is -2.38. The molecule has 0 aromatic heterocycles. The molecule has 7 nitrogen and oxygen atoms in total. The van der Waals surface area contributed by atoms with E-state index in [-0.39, 0.29) is 16.1 Å². The number of hydroxylamine groups is 2. The molecule has 2 aromatic rings. The summed E-state index contributed by atoms with van der Waals surface area (Å²) in [5, 5.41) is 15.3. The molecule has 0 saturated carbocycles. The number of hydrogen-bond acceptors (Lipinski definition) is 3. The molecule has 1 atom stereocenters. The smallest absolute Gasteiger partial charge is 0.315 e. The van der Waals surface area contributed by atoms with Crippen molar-refractivity contribution in [3.05, 3.63) is 56.5 Å². The summed E-state index contributed by atoms with van der Waals surface area (Å²) in [5.41, 5.74) is -0.230. The Balaban J connectivity index is 1.99. The van der Waals surface area contributed by atoms with Crippen LogP contribution in [0.15, 0.2) is 36.4 Å². The van der Waals surface area contributed by atoms with E-state index in [0.717, 1.165) is 6.42 Å². The third kappa shape index (κ3) is 5.34. The Hall–Kier alpha value is -1.90. The first kappa shape index (κ1) is 26.7. The molecule has 0 bridgehead atoms. The van der Waals surface area contributed by atoms with Gasteiger partial charge in [-0.1, -0.05) is 60.3 Å². The molecule has 1 heterocycles. The third-order valence-electron chi connectivity index (χ3n) is 5.73. The van der Waals surface area contributed by atoms with Crippen LogP contribution in [0.5, 0.6) is 0 Å². The van der Waals surface area contributed by atoms with Crippen molar-refractivity contribution >= 4 is 69.8 Å². The van der Waals surface area contributed by atoms with Crippen LogP contribution in [0.3, 0.4) is 0 Å². The maximum atomic E-state index is 13.6. The summed E-state index contributed by atoms with van der Waals surface area (Å²) in [7, 11) is 0. The fourth-order valence-corrected chi connectivity index (χ4v) is 4.46. The number of rotatable bonds is 6. The molecule has 1 aliphatic rings. The van der Waals surface area contributed by atoms with Crippen molar-refractivity contribution in [3.63, 3.8) is 0 Å². The van der Waals surface area contributed by atoms with Crippen LogP contribution in [-0.2, 0) is 0 Å². The SMILES string of the molecule is CC(C)CCN1C(=O)N(c2ccc(Cl)c(Cl)c2)C(N(O)C(=O)Nc2ccc(Cl)c(Cl)c2)C1(C)C. The van der Waals surface area contributed by atoms with Crippen LogP contribution in [0.25, 0.3) is 0 Å². The molecular weight excluding hydrogens is 522 g/mol. The minimum Gasteiger partial charge on any atom is -0.315 e. The van der Waals surface area contributed by atoms with Gasteiger partial charge >= 0.3 is 12.1 Å². The number of amides is 4. The van der Waals surface area contributed by atoms with E-state index in [1.807, 2.05) is 0 Å². The van der Waals surface area contributed by atoms with E-state index in [4.69, 9.17) is 46.4 Å². The average molecular weight is 548 g/mol. The van der Waals surface area contributed by atoms with E-state index < -0.39 is 17.7 Å². The molecule has 0 radical (unpaired) electrons. The van der Waals surface area contributed by atoms with Crippen molar-refractivity contribution in [1.29, 1.82) is 0 Å². The highest BCUT2D eigenvalue weighted by molar-refractivity contribution is 6.42. The van der Waals surface area contributed by atoms with Crippen LogP contribution in [-0.4, -0.2) is 45.5 Å². The van der Waals surface area contributed by atoms with Gasteiger partial charge in [0.15, 0.2) is 6.17 Å². The standard InChI is InChI=1S/C23H26Cl4N4O3/c1-13(2)9-10-29-22(33)30(15-6-8-17(25)19(27)12-15)20(23(29,3)4)31(34)21(32)28-14-5-7-16(24)18(26)11-14/h5-8,11-13,20,34H,9-10H2,1-4H3,(H,28,32). The third-order valence-corrected chi connectivity index (χ3v) is 7.21. The number of carbonyl (C=O) groups is 2. The molecular formula is C23H26Cl4N4O3. The first-order chi connectivity index (χ1) is 15.8. The van der Waals surface area contributed by atoms with Gasteiger partial charge in [-0.05, 0) is 62.6 Å². The number of benzene rings is 2. The second-order valence-corrected chi connectivity index (χ2v) is 10.6. The van der Waals surface area contributed by atoms with Crippen LogP contribution < -0.4 is 10.2 Å². The maximum absolute atomic E-state index is 13.6. The van der Waals surface area contributed by atoms with Gasteiger partial charge in [0.1, 0.15) is 0 Å². The van der Waals surface area contributed by atoms with Gasteiger partial charge in [-0.25, -0.2) is 9.59 Å². The number of nitrogens with zero attached hydrogens (tertiary/aromatic N) is 3. The summed E-state index contributed by atoms with van der Waals surface area (Å²) in [6.45, 7) is 8.15. The first-order valence-corrected chi connectivity index (χ1v) is 12.2. The molecule has 2 N–H and O–H groups in total. The second kappa shape index (κ2) is 10.4. The predicted octanol–water partition coefficient (Wildman–Crippen LogP) is 7.62. The number of nitrogens with one attached hydrogen (secondary N) is 1. The van der Waals surface area contributed by atoms with Crippen LogP contribution >= 0.6 is 46.4 Å². The zero-order valence-electron chi connectivity index (χ0n) is 19.2. The van der Waals surface area contributed by atoms with Gasteiger partial charge in [0.2, 0.25) is 0 Å². The van der Waals surface area contributed by atoms with E-state index in [1.165, 1.54) is 23.1 Å². The van der Waals surface area contributed by atoms with E-state index in [2.05, 4.69) is 19.2 Å². The van der Waals surface area contributed by atoms with Gasteiger partial charge in [0.25, 0.3) is 0 Å². The van der Waals surface area contributed by atoms with Crippen molar-refractivity contribution < 1.29 is 14.8 Å². The Morgan fingerprint density at radius 1 is 1.06 bits per heavy atom. The number of hydrogen-bond donors (Lipinski definition) is 2. The van der Waals surface area contributed by atoms with Gasteiger partial charge in [0.05, 0.1) is 25.6 Å². The minimum atomic E-state index is -1.08. The summed E-state index contributed by atoms with van der Waals surface area (Å²) >= 11 is 24.3. The van der Waals surface area contributed by atoms with Gasteiger partial charge < -0.3 is 10.2 Å². The molecule has 11 heteroatoms. The summed E-state index contributed by atoms with van der Waals surface area (Å²) in [6, 6.07) is 8.04. The molecule has 34 heavy (non-hydrogen) atoms. The lowest BCUT2D eigenvalue weighted by atomic mass is 9.98. The Morgan fingerprint density at radius 2 is 1.65 bits per heavy atom. The summed E-state index contributed by atoms with van der Waals surface area (Å²) in [6.07, 6.45) is -0.329. The fraction of sp³-hybridized carbons (Fsp3) is 0.391. The zero-order chi connectivity index (χ0) is 25.4. The monoisotopic (exact) mass is 546 g/mol. The molecule has 1 aliphatic heterocycles. The molecule has 2 aromatic carbocycles. The van der Waals surface area contributed by atoms with E-state index in [9.17, 15) is 14.8 Å². The number of carbonyl (C=O) groups excluding carboxylic acids is 2. The molecule has 3 rings (SSSR count). The Kier molecular flexibility index (Phi) is 8.15. The minimum absolute atomic E-state index is 0.244. The van der Waals surface area contributed by atoms with Crippen LogP contribution in [0.1, 0.15) is 34.1 Å². The fourth-order valence-electron chi connectivity index (χ4n) is 3.87. The van der Waals surface area contributed by atoms with Crippen molar-refractivity contribution in [2.24, 2.45) is 5.92 Å². The highest BCUT2D eigenvalue weighted by atomic mass is 35.5. The Labute approximate surface area is 219 Å². The summed E-state index contributed by atoms with van der Waals surface area (Å²) in [4.78, 5) is 29.6. The van der Waals surface area contributed by atoms with E-state index in [1.54, 1.807) is 36.9 Å². The zero-order valence-corrected chi connectivity index (χ0v) is 22.2. The number of urea groups is 2. The molecule has 0 aliphatic carbocycles. The predicted molar refractivity (Wildman–Crippen MR) is 137 cm³/mol. The van der Waals surface area contributed by atoms with E-state index in [0.29, 0.717) is 38.9 Å². The Morgan fingerprint density at radius 3 is 2.21 bits per heavy atom. The number of anilines is 2. The molecule has 0 spiro atoms. The lowest BCUT2D eigenvalue weighted by Crippen LogP contribution is -2.58. The molecule has 1 saturated heterocycles. The van der Waals surface area contributed by atoms with Gasteiger partial charge in [0, 0.05) is 17.9 Å². The number of halogens is 4. The maximum Gasteiger partial charge on any atom is 0.347 e. The van der Waals surface area contributed by atoms with Crippen LogP contribution in [0, 0.1) is 5.92 Å². The largest absolute Gasteiger partial charge is 0.347 e. The average Bonchev–Trinajstić information content (AvgIpc) is 2.95. The first-order valence-electron chi connectivity index (χ1n) is 10.6. The van der Waals surface area contributed by atoms with Crippen molar-refractivity contribution in [1.82, 2.24) is 9.96 Å². The normalized spacial score (nSPS) is 17.5. The van der Waals surface area contributed by atoms with Crippen molar-refractivity contribution in [2.75, 3.05) is 16.8 Å². The quantitative estimate of drug-likeness (QED) is 0.288. The highest BCUT2D eigenvalue weighted by Gasteiger charge is 2.55. The van der Waals surface area contributed by atoms with Gasteiger partial charge in [-0.3, -0.25) is 10.1 Å². The molecule has 1 fully saturated rings. The van der Waals surface area contributed by atoms with Gasteiger partial charge in [-0.2, -0.15) is 5.06 Å². The lowest BCUT2D eigenvalue weighted by molar-refractivity contribution is -0.0950. The topological polar surface area (TPSA) is 76.1 Å². The van der Waals surface area contributed by atoms with Gasteiger partial charge in [-0.15, -0.1) is 0 Å². The molecule has 184 valence electrons. The van der Waals surface area contributed by atoms with Crippen molar-refractivity contribution in [2.45, 2.75) is 45.8 Å². The Bertz CT molecular complexity index is 1100. The summed E-state index contributed by atoms with van der Waals surface area (Å²) < 4.78 is 0.